The van der Waals surface area contributed by atoms with Crippen LogP contribution in [0.2, 0.25) is 0 Å². The Morgan fingerprint density at radius 1 is 1.41 bits per heavy atom. The second-order valence-electron chi connectivity index (χ2n) is 5.81. The lowest BCUT2D eigenvalue weighted by atomic mass is 9.91. The van der Waals surface area contributed by atoms with Crippen molar-refractivity contribution in [1.82, 2.24) is 4.90 Å². The quantitative estimate of drug-likeness (QED) is 0.618. The highest BCUT2D eigenvalue weighted by molar-refractivity contribution is 8.14. The standard InChI is InChI=1S/C15H19N3O3S/c1-11-9-12(18(19)20)3-4-13(11)16-14-17(2)15(10-22-14)5-7-21-8-6-15/h3-4,9H,5-8,10H2,1-2H3. The highest BCUT2D eigenvalue weighted by Crippen LogP contribution is 2.40. The molecule has 3 rings (SSSR count). The molecule has 1 aromatic carbocycles. The first-order valence-electron chi connectivity index (χ1n) is 7.30. The van der Waals surface area contributed by atoms with Gasteiger partial charge in [-0.15, -0.1) is 0 Å². The second-order valence-corrected chi connectivity index (χ2v) is 6.75. The fraction of sp³-hybridized carbons (Fsp3) is 0.533. The number of hydrogen-bond donors (Lipinski definition) is 0. The number of nitrogens with zero attached hydrogens (tertiary/aromatic N) is 3. The van der Waals surface area contributed by atoms with Crippen LogP contribution < -0.4 is 0 Å². The maximum absolute atomic E-state index is 10.8. The van der Waals surface area contributed by atoms with E-state index in [4.69, 9.17) is 9.73 Å². The van der Waals surface area contributed by atoms with Crippen LogP contribution in [-0.2, 0) is 4.74 Å². The maximum atomic E-state index is 10.8. The normalized spacial score (nSPS) is 22.5. The molecule has 0 aromatic heterocycles. The SMILES string of the molecule is Cc1cc([N+](=O)[O-])ccc1N=C1SCC2(CCOCC2)N1C. The van der Waals surface area contributed by atoms with Crippen LogP contribution in [0.5, 0.6) is 0 Å². The van der Waals surface area contributed by atoms with Gasteiger partial charge in [0.05, 0.1) is 16.1 Å². The number of non-ortho nitro benzene ring substituents is 1. The number of aryl methyl sites for hydroxylation is 1. The molecule has 2 saturated heterocycles. The molecule has 1 aromatic rings. The van der Waals surface area contributed by atoms with Crippen molar-refractivity contribution < 1.29 is 9.66 Å². The number of aliphatic imine (C=N–C) groups is 1. The van der Waals surface area contributed by atoms with Crippen LogP contribution in [0.3, 0.4) is 0 Å². The Hall–Kier alpha value is -1.60. The van der Waals surface area contributed by atoms with Gasteiger partial charge in [-0.2, -0.15) is 0 Å². The van der Waals surface area contributed by atoms with Gasteiger partial charge in [-0.05, 0) is 31.4 Å². The van der Waals surface area contributed by atoms with Crippen molar-refractivity contribution in [3.05, 3.63) is 33.9 Å². The van der Waals surface area contributed by atoms with Crippen LogP contribution >= 0.6 is 11.8 Å². The zero-order valence-corrected chi connectivity index (χ0v) is 13.6. The first kappa shape index (κ1) is 15.3. The lowest BCUT2D eigenvalue weighted by Gasteiger charge is -2.39. The Kier molecular flexibility index (Phi) is 4.10. The topological polar surface area (TPSA) is 68.0 Å². The Bertz CT molecular complexity index is 626. The molecule has 0 unspecified atom stereocenters. The average Bonchev–Trinajstić information content (AvgIpc) is 2.79. The van der Waals surface area contributed by atoms with E-state index in [0.29, 0.717) is 0 Å². The number of nitro benzene ring substituents is 1. The van der Waals surface area contributed by atoms with Crippen molar-refractivity contribution in [2.45, 2.75) is 25.3 Å². The molecule has 7 heteroatoms. The molecule has 0 N–H and O–H groups in total. The van der Waals surface area contributed by atoms with Gasteiger partial charge in [0.1, 0.15) is 0 Å². The summed E-state index contributed by atoms with van der Waals surface area (Å²) in [4.78, 5) is 17.4. The molecule has 2 fully saturated rings. The fourth-order valence-corrected chi connectivity index (χ4v) is 4.35. The van der Waals surface area contributed by atoms with Gasteiger partial charge in [-0.25, -0.2) is 4.99 Å². The average molecular weight is 321 g/mol. The van der Waals surface area contributed by atoms with E-state index >= 15 is 0 Å². The molecule has 0 saturated carbocycles. The molecule has 6 nitrogen and oxygen atoms in total. The molecule has 118 valence electrons. The molecular formula is C15H19N3O3S. The minimum Gasteiger partial charge on any atom is -0.381 e. The summed E-state index contributed by atoms with van der Waals surface area (Å²) >= 11 is 1.76. The summed E-state index contributed by atoms with van der Waals surface area (Å²) in [6.45, 7) is 3.46. The lowest BCUT2D eigenvalue weighted by molar-refractivity contribution is -0.384. The summed E-state index contributed by atoms with van der Waals surface area (Å²) in [6, 6.07) is 4.81. The highest BCUT2D eigenvalue weighted by atomic mass is 32.2. The van der Waals surface area contributed by atoms with Gasteiger partial charge in [0.25, 0.3) is 5.69 Å². The number of nitro groups is 1. The molecule has 2 aliphatic rings. The monoisotopic (exact) mass is 321 g/mol. The number of benzene rings is 1. The fourth-order valence-electron chi connectivity index (χ4n) is 2.92. The molecule has 0 aliphatic carbocycles. The van der Waals surface area contributed by atoms with Crippen LogP contribution in [0.25, 0.3) is 0 Å². The van der Waals surface area contributed by atoms with Crippen LogP contribution in [0.1, 0.15) is 18.4 Å². The predicted octanol–water partition coefficient (Wildman–Crippen LogP) is 3.12. The molecular weight excluding hydrogens is 302 g/mol. The zero-order chi connectivity index (χ0) is 15.7. The minimum atomic E-state index is -0.378. The summed E-state index contributed by atoms with van der Waals surface area (Å²) in [5, 5.41) is 11.8. The van der Waals surface area contributed by atoms with Crippen LogP contribution in [0, 0.1) is 17.0 Å². The second kappa shape index (κ2) is 5.89. The number of hydrogen-bond acceptors (Lipinski definition) is 5. The lowest BCUT2D eigenvalue weighted by Crippen LogP contribution is -2.49. The van der Waals surface area contributed by atoms with E-state index in [2.05, 4.69) is 11.9 Å². The van der Waals surface area contributed by atoms with E-state index in [1.165, 1.54) is 6.07 Å². The van der Waals surface area contributed by atoms with Gasteiger partial charge in [0.15, 0.2) is 5.17 Å². The van der Waals surface area contributed by atoms with Gasteiger partial charge in [-0.3, -0.25) is 10.1 Å². The summed E-state index contributed by atoms with van der Waals surface area (Å²) in [5.41, 5.74) is 1.87. The Morgan fingerprint density at radius 3 is 2.77 bits per heavy atom. The Balaban J connectivity index is 1.85. The predicted molar refractivity (Wildman–Crippen MR) is 87.9 cm³/mol. The highest BCUT2D eigenvalue weighted by Gasteiger charge is 2.43. The minimum absolute atomic E-state index is 0.106. The zero-order valence-electron chi connectivity index (χ0n) is 12.7. The van der Waals surface area contributed by atoms with E-state index in [-0.39, 0.29) is 16.1 Å². The summed E-state index contributed by atoms with van der Waals surface area (Å²) < 4.78 is 5.47. The Morgan fingerprint density at radius 2 is 2.14 bits per heavy atom. The molecule has 0 radical (unpaired) electrons. The van der Waals surface area contributed by atoms with E-state index in [1.54, 1.807) is 23.9 Å². The van der Waals surface area contributed by atoms with Crippen LogP contribution in [-0.4, -0.2) is 46.5 Å². The van der Waals surface area contributed by atoms with Crippen molar-refractivity contribution >= 4 is 28.3 Å². The maximum Gasteiger partial charge on any atom is 0.269 e. The van der Waals surface area contributed by atoms with Crippen molar-refractivity contribution in [3.8, 4) is 0 Å². The van der Waals surface area contributed by atoms with E-state index in [1.807, 2.05) is 6.92 Å². The molecule has 1 spiro atoms. The summed E-state index contributed by atoms with van der Waals surface area (Å²) in [7, 11) is 2.09. The van der Waals surface area contributed by atoms with Gasteiger partial charge in [0, 0.05) is 38.1 Å². The molecule has 22 heavy (non-hydrogen) atoms. The van der Waals surface area contributed by atoms with Crippen LogP contribution in [0.15, 0.2) is 23.2 Å². The van der Waals surface area contributed by atoms with E-state index < -0.39 is 0 Å². The molecule has 2 heterocycles. The van der Waals surface area contributed by atoms with Crippen molar-refractivity contribution in [1.29, 1.82) is 0 Å². The van der Waals surface area contributed by atoms with Crippen molar-refractivity contribution in [2.24, 2.45) is 4.99 Å². The molecule has 0 bridgehead atoms. The first-order valence-corrected chi connectivity index (χ1v) is 8.28. The summed E-state index contributed by atoms with van der Waals surface area (Å²) in [5.74, 6) is 1.03. The number of amidine groups is 1. The largest absolute Gasteiger partial charge is 0.381 e. The third-order valence-electron chi connectivity index (χ3n) is 4.50. The smallest absolute Gasteiger partial charge is 0.269 e. The molecule has 2 aliphatic heterocycles. The van der Waals surface area contributed by atoms with Gasteiger partial charge in [0.2, 0.25) is 0 Å². The third kappa shape index (κ3) is 2.70. The first-order chi connectivity index (χ1) is 10.5. The molecule has 0 amide bonds. The van der Waals surface area contributed by atoms with Crippen molar-refractivity contribution in [3.63, 3.8) is 0 Å². The van der Waals surface area contributed by atoms with Gasteiger partial charge in [-0.1, -0.05) is 11.8 Å². The van der Waals surface area contributed by atoms with Crippen molar-refractivity contribution in [2.75, 3.05) is 26.0 Å². The Labute approximate surface area is 133 Å². The third-order valence-corrected chi connectivity index (χ3v) is 5.80. The van der Waals surface area contributed by atoms with E-state index in [9.17, 15) is 10.1 Å². The number of rotatable bonds is 2. The summed E-state index contributed by atoms with van der Waals surface area (Å²) in [6.07, 6.45) is 2.05. The number of thioether (sulfide) groups is 1. The molecule has 0 atom stereocenters. The van der Waals surface area contributed by atoms with Gasteiger partial charge >= 0.3 is 0 Å². The van der Waals surface area contributed by atoms with Crippen LogP contribution in [0.4, 0.5) is 11.4 Å². The van der Waals surface area contributed by atoms with E-state index in [0.717, 1.165) is 48.2 Å². The van der Waals surface area contributed by atoms with Gasteiger partial charge < -0.3 is 9.64 Å². The number of ether oxygens (including phenoxy) is 1.